The molecule has 14 heavy (non-hydrogen) atoms. The lowest BCUT2D eigenvalue weighted by atomic mass is 9.85. The highest BCUT2D eigenvalue weighted by Crippen LogP contribution is 2.28. The lowest BCUT2D eigenvalue weighted by Gasteiger charge is -2.25. The number of aryl methyl sites for hydroxylation is 1. The van der Waals surface area contributed by atoms with Crippen molar-refractivity contribution in [2.45, 2.75) is 39.7 Å². The Kier molecular flexibility index (Phi) is 2.40. The van der Waals surface area contributed by atoms with E-state index in [0.29, 0.717) is 5.69 Å². The van der Waals surface area contributed by atoms with Crippen molar-refractivity contribution in [3.8, 4) is 0 Å². The number of carbonyl (C=O) groups is 1. The highest BCUT2D eigenvalue weighted by atomic mass is 16.1. The lowest BCUT2D eigenvalue weighted by Crippen LogP contribution is -2.18. The van der Waals surface area contributed by atoms with Gasteiger partial charge < -0.3 is 4.57 Å². The van der Waals surface area contributed by atoms with E-state index in [2.05, 4.69) is 9.55 Å². The molecule has 0 bridgehead atoms. The molecule has 0 radical (unpaired) electrons. The zero-order valence-corrected chi connectivity index (χ0v) is 8.79. The molecule has 76 valence electrons. The number of imidazole rings is 1. The molecule has 1 aliphatic rings. The fourth-order valence-corrected chi connectivity index (χ4v) is 1.82. The SMILES string of the molecule is CC(=O)c1cn(CC2CCC2)c(C)n1. The monoisotopic (exact) mass is 192 g/mol. The molecule has 3 nitrogen and oxygen atoms in total. The van der Waals surface area contributed by atoms with E-state index in [1.54, 1.807) is 6.92 Å². The predicted molar refractivity (Wildman–Crippen MR) is 54.3 cm³/mol. The first-order valence-electron chi connectivity index (χ1n) is 5.21. The zero-order chi connectivity index (χ0) is 10.1. The summed E-state index contributed by atoms with van der Waals surface area (Å²) < 4.78 is 2.11. The van der Waals surface area contributed by atoms with Gasteiger partial charge >= 0.3 is 0 Å². The Morgan fingerprint density at radius 3 is 2.79 bits per heavy atom. The molecular formula is C11H16N2O. The van der Waals surface area contributed by atoms with Gasteiger partial charge in [-0.15, -0.1) is 0 Å². The van der Waals surface area contributed by atoms with E-state index in [9.17, 15) is 4.79 Å². The van der Waals surface area contributed by atoms with Gasteiger partial charge in [-0.1, -0.05) is 6.42 Å². The Morgan fingerprint density at radius 1 is 1.64 bits per heavy atom. The molecule has 1 aromatic heterocycles. The quantitative estimate of drug-likeness (QED) is 0.688. The third-order valence-electron chi connectivity index (χ3n) is 3.02. The number of ketones is 1. The van der Waals surface area contributed by atoms with E-state index >= 15 is 0 Å². The van der Waals surface area contributed by atoms with Crippen LogP contribution in [0, 0.1) is 12.8 Å². The first kappa shape index (κ1) is 9.44. The van der Waals surface area contributed by atoms with Gasteiger partial charge in [0, 0.05) is 19.7 Å². The van der Waals surface area contributed by atoms with Gasteiger partial charge in [-0.2, -0.15) is 0 Å². The average molecular weight is 192 g/mol. The van der Waals surface area contributed by atoms with Gasteiger partial charge in [0.05, 0.1) is 0 Å². The van der Waals surface area contributed by atoms with E-state index < -0.39 is 0 Å². The molecule has 2 rings (SSSR count). The Labute approximate surface area is 84.1 Å². The largest absolute Gasteiger partial charge is 0.334 e. The van der Waals surface area contributed by atoms with Crippen molar-refractivity contribution in [3.63, 3.8) is 0 Å². The third-order valence-corrected chi connectivity index (χ3v) is 3.02. The molecule has 1 heterocycles. The van der Waals surface area contributed by atoms with Crippen molar-refractivity contribution in [3.05, 3.63) is 17.7 Å². The van der Waals surface area contributed by atoms with Crippen LogP contribution in [0.1, 0.15) is 42.5 Å². The van der Waals surface area contributed by atoms with E-state index in [4.69, 9.17) is 0 Å². The zero-order valence-electron chi connectivity index (χ0n) is 8.79. The van der Waals surface area contributed by atoms with Gasteiger partial charge in [0.2, 0.25) is 0 Å². The molecule has 0 aromatic carbocycles. The minimum Gasteiger partial charge on any atom is -0.334 e. The maximum atomic E-state index is 11.1. The van der Waals surface area contributed by atoms with Crippen LogP contribution >= 0.6 is 0 Å². The molecule has 0 aliphatic heterocycles. The van der Waals surface area contributed by atoms with Crippen LogP contribution in [-0.2, 0) is 6.54 Å². The van der Waals surface area contributed by atoms with Crippen LogP contribution in [0.5, 0.6) is 0 Å². The van der Waals surface area contributed by atoms with Crippen molar-refractivity contribution in [1.82, 2.24) is 9.55 Å². The van der Waals surface area contributed by atoms with E-state index in [-0.39, 0.29) is 5.78 Å². The first-order chi connectivity index (χ1) is 6.66. The number of aromatic nitrogens is 2. The first-order valence-corrected chi connectivity index (χ1v) is 5.21. The molecule has 0 unspecified atom stereocenters. The Hall–Kier alpha value is -1.12. The smallest absolute Gasteiger partial charge is 0.179 e. The molecule has 0 amide bonds. The summed E-state index contributed by atoms with van der Waals surface area (Å²) in [4.78, 5) is 15.3. The van der Waals surface area contributed by atoms with E-state index in [1.165, 1.54) is 19.3 Å². The maximum absolute atomic E-state index is 11.1. The molecule has 1 aromatic rings. The second kappa shape index (κ2) is 3.56. The van der Waals surface area contributed by atoms with Crippen molar-refractivity contribution >= 4 is 5.78 Å². The van der Waals surface area contributed by atoms with Crippen molar-refractivity contribution < 1.29 is 4.79 Å². The van der Waals surface area contributed by atoms with Gasteiger partial charge in [0.25, 0.3) is 0 Å². The summed E-state index contributed by atoms with van der Waals surface area (Å²) in [6.45, 7) is 4.56. The molecular weight excluding hydrogens is 176 g/mol. The summed E-state index contributed by atoms with van der Waals surface area (Å²) >= 11 is 0. The summed E-state index contributed by atoms with van der Waals surface area (Å²) in [6.07, 6.45) is 5.90. The fraction of sp³-hybridized carbons (Fsp3) is 0.636. The second-order valence-electron chi connectivity index (χ2n) is 4.18. The number of carbonyl (C=O) groups excluding carboxylic acids is 1. The van der Waals surface area contributed by atoms with Crippen LogP contribution in [0.15, 0.2) is 6.20 Å². The van der Waals surface area contributed by atoms with Crippen molar-refractivity contribution in [2.24, 2.45) is 5.92 Å². The number of hydrogen-bond donors (Lipinski definition) is 0. The van der Waals surface area contributed by atoms with Crippen molar-refractivity contribution in [2.75, 3.05) is 0 Å². The predicted octanol–water partition coefficient (Wildman–Crippen LogP) is 2.19. The van der Waals surface area contributed by atoms with Crippen molar-refractivity contribution in [1.29, 1.82) is 0 Å². The molecule has 0 saturated heterocycles. The number of hydrogen-bond acceptors (Lipinski definition) is 2. The topological polar surface area (TPSA) is 34.9 Å². The molecule has 0 atom stereocenters. The molecule has 0 spiro atoms. The molecule has 1 saturated carbocycles. The highest BCUT2D eigenvalue weighted by molar-refractivity contribution is 5.91. The molecule has 1 fully saturated rings. The minimum atomic E-state index is 0.0560. The standard InChI is InChI=1S/C11H16N2O/c1-8(14)11-7-13(9(2)12-11)6-10-4-3-5-10/h7,10H,3-6H2,1-2H3. The Balaban J connectivity index is 2.12. The minimum absolute atomic E-state index is 0.0560. The van der Waals surface area contributed by atoms with Crippen LogP contribution in [-0.4, -0.2) is 15.3 Å². The summed E-state index contributed by atoms with van der Waals surface area (Å²) in [6, 6.07) is 0. The Bertz CT molecular complexity index is 350. The molecule has 3 heteroatoms. The average Bonchev–Trinajstić information content (AvgIpc) is 2.40. The number of rotatable bonds is 3. The summed E-state index contributed by atoms with van der Waals surface area (Å²) in [5, 5.41) is 0. The summed E-state index contributed by atoms with van der Waals surface area (Å²) in [5.41, 5.74) is 0.599. The van der Waals surface area contributed by atoms with Gasteiger partial charge in [-0.3, -0.25) is 4.79 Å². The normalized spacial score (nSPS) is 16.7. The molecule has 0 N–H and O–H groups in total. The highest BCUT2D eigenvalue weighted by Gasteiger charge is 2.19. The summed E-state index contributed by atoms with van der Waals surface area (Å²) in [5.74, 6) is 1.82. The summed E-state index contributed by atoms with van der Waals surface area (Å²) in [7, 11) is 0. The van der Waals surface area contributed by atoms with Crippen LogP contribution in [0.2, 0.25) is 0 Å². The lowest BCUT2D eigenvalue weighted by molar-refractivity contribution is 0.101. The van der Waals surface area contributed by atoms with Crippen LogP contribution in [0.25, 0.3) is 0 Å². The van der Waals surface area contributed by atoms with Crippen LogP contribution in [0.4, 0.5) is 0 Å². The van der Waals surface area contributed by atoms with Crippen LogP contribution < -0.4 is 0 Å². The maximum Gasteiger partial charge on any atom is 0.179 e. The number of Topliss-reactive ketones (excluding diaryl/α,β-unsaturated/α-hetero) is 1. The second-order valence-corrected chi connectivity index (χ2v) is 4.18. The van der Waals surface area contributed by atoms with E-state index in [1.807, 2.05) is 13.1 Å². The van der Waals surface area contributed by atoms with Gasteiger partial charge in [0.1, 0.15) is 11.5 Å². The fourth-order valence-electron chi connectivity index (χ4n) is 1.82. The number of nitrogens with zero attached hydrogens (tertiary/aromatic N) is 2. The van der Waals surface area contributed by atoms with Gasteiger partial charge in [0.15, 0.2) is 5.78 Å². The molecule has 1 aliphatic carbocycles. The van der Waals surface area contributed by atoms with E-state index in [0.717, 1.165) is 18.3 Å². The van der Waals surface area contributed by atoms with Crippen LogP contribution in [0.3, 0.4) is 0 Å². The van der Waals surface area contributed by atoms with Gasteiger partial charge in [-0.25, -0.2) is 4.98 Å². The van der Waals surface area contributed by atoms with Gasteiger partial charge in [-0.05, 0) is 25.7 Å². The Morgan fingerprint density at radius 2 is 2.36 bits per heavy atom. The third kappa shape index (κ3) is 1.72.